The second-order valence-corrected chi connectivity index (χ2v) is 5.66. The van der Waals surface area contributed by atoms with E-state index in [-0.39, 0.29) is 0 Å². The number of rotatable bonds is 5. The lowest BCUT2D eigenvalue weighted by Gasteiger charge is -2.36. The van der Waals surface area contributed by atoms with E-state index >= 15 is 0 Å². The quantitative estimate of drug-likeness (QED) is 0.864. The van der Waals surface area contributed by atoms with Crippen LogP contribution in [0.3, 0.4) is 0 Å². The summed E-state index contributed by atoms with van der Waals surface area (Å²) in [7, 11) is 0. The third-order valence-corrected chi connectivity index (χ3v) is 3.93. The van der Waals surface area contributed by atoms with Crippen LogP contribution in [0.4, 0.5) is 0 Å². The van der Waals surface area contributed by atoms with Crippen LogP contribution in [0.2, 0.25) is 0 Å². The van der Waals surface area contributed by atoms with Gasteiger partial charge in [-0.15, -0.1) is 0 Å². The zero-order chi connectivity index (χ0) is 12.8. The smallest absolute Gasteiger partial charge is 0.0236 e. The van der Waals surface area contributed by atoms with Crippen molar-refractivity contribution in [1.82, 2.24) is 4.90 Å². The number of nitrogens with zero attached hydrogens (tertiary/aromatic N) is 1. The molecule has 1 aromatic rings. The van der Waals surface area contributed by atoms with Gasteiger partial charge in [0.25, 0.3) is 0 Å². The molecule has 18 heavy (non-hydrogen) atoms. The Morgan fingerprint density at radius 3 is 2.78 bits per heavy atom. The van der Waals surface area contributed by atoms with Gasteiger partial charge in [-0.1, -0.05) is 36.8 Å². The summed E-state index contributed by atoms with van der Waals surface area (Å²) >= 11 is 0. The van der Waals surface area contributed by atoms with Gasteiger partial charge in [0, 0.05) is 18.6 Å². The Hall–Kier alpha value is -0.860. The van der Waals surface area contributed by atoms with Gasteiger partial charge >= 0.3 is 0 Å². The molecule has 1 heterocycles. The molecule has 0 spiro atoms. The fraction of sp³-hybridized carbons (Fsp3) is 0.625. The Kier molecular flexibility index (Phi) is 5.21. The molecular weight excluding hydrogens is 220 g/mol. The standard InChI is InChI=1S/C16H26N2/c1-14(17)10-11-16-9-5-6-12-18(16)13-15-7-3-2-4-8-15/h2-4,7-8,14,16H,5-6,9-13,17H2,1H3. The summed E-state index contributed by atoms with van der Waals surface area (Å²) in [6.45, 7) is 4.47. The average molecular weight is 246 g/mol. The fourth-order valence-electron chi connectivity index (χ4n) is 2.87. The van der Waals surface area contributed by atoms with Crippen molar-refractivity contribution < 1.29 is 0 Å². The largest absolute Gasteiger partial charge is 0.328 e. The highest BCUT2D eigenvalue weighted by molar-refractivity contribution is 5.14. The number of benzene rings is 1. The highest BCUT2D eigenvalue weighted by Crippen LogP contribution is 2.23. The van der Waals surface area contributed by atoms with Crippen LogP contribution in [0.15, 0.2) is 30.3 Å². The van der Waals surface area contributed by atoms with Crippen molar-refractivity contribution in [1.29, 1.82) is 0 Å². The van der Waals surface area contributed by atoms with Crippen molar-refractivity contribution >= 4 is 0 Å². The minimum Gasteiger partial charge on any atom is -0.328 e. The first-order valence-electron chi connectivity index (χ1n) is 7.29. The summed E-state index contributed by atoms with van der Waals surface area (Å²) in [5.74, 6) is 0. The van der Waals surface area contributed by atoms with E-state index in [0.29, 0.717) is 6.04 Å². The van der Waals surface area contributed by atoms with E-state index in [2.05, 4.69) is 42.2 Å². The van der Waals surface area contributed by atoms with E-state index in [1.165, 1.54) is 37.8 Å². The number of nitrogens with two attached hydrogens (primary N) is 1. The Labute approximate surface area is 111 Å². The number of hydrogen-bond acceptors (Lipinski definition) is 2. The second kappa shape index (κ2) is 6.91. The van der Waals surface area contributed by atoms with Crippen molar-refractivity contribution in [2.45, 2.75) is 57.7 Å². The van der Waals surface area contributed by atoms with Crippen LogP contribution in [0.25, 0.3) is 0 Å². The zero-order valence-electron chi connectivity index (χ0n) is 11.5. The van der Waals surface area contributed by atoms with E-state index < -0.39 is 0 Å². The molecular formula is C16H26N2. The van der Waals surface area contributed by atoms with Gasteiger partial charge in [-0.05, 0) is 44.7 Å². The molecule has 2 N–H and O–H groups in total. The van der Waals surface area contributed by atoms with Crippen LogP contribution in [-0.2, 0) is 6.54 Å². The van der Waals surface area contributed by atoms with Gasteiger partial charge in [-0.25, -0.2) is 0 Å². The molecule has 0 radical (unpaired) electrons. The number of likely N-dealkylation sites (tertiary alicyclic amines) is 1. The number of piperidine rings is 1. The van der Waals surface area contributed by atoms with Crippen molar-refractivity contribution in [3.05, 3.63) is 35.9 Å². The monoisotopic (exact) mass is 246 g/mol. The second-order valence-electron chi connectivity index (χ2n) is 5.66. The predicted octanol–water partition coefficient (Wildman–Crippen LogP) is 3.17. The predicted molar refractivity (Wildman–Crippen MR) is 77.4 cm³/mol. The summed E-state index contributed by atoms with van der Waals surface area (Å²) in [5.41, 5.74) is 7.32. The van der Waals surface area contributed by atoms with Crippen LogP contribution >= 0.6 is 0 Å². The molecule has 0 aromatic heterocycles. The Morgan fingerprint density at radius 1 is 1.28 bits per heavy atom. The molecule has 0 amide bonds. The van der Waals surface area contributed by atoms with Crippen molar-refractivity contribution in [2.75, 3.05) is 6.54 Å². The molecule has 2 heteroatoms. The Bertz CT molecular complexity index is 334. The molecule has 0 bridgehead atoms. The van der Waals surface area contributed by atoms with E-state index in [0.717, 1.165) is 19.0 Å². The Morgan fingerprint density at radius 2 is 2.06 bits per heavy atom. The molecule has 2 atom stereocenters. The summed E-state index contributed by atoms with van der Waals surface area (Å²) < 4.78 is 0. The molecule has 2 nitrogen and oxygen atoms in total. The molecule has 1 saturated heterocycles. The van der Waals surface area contributed by atoms with Crippen LogP contribution in [0.1, 0.15) is 44.6 Å². The lowest BCUT2D eigenvalue weighted by atomic mass is 9.96. The third-order valence-electron chi connectivity index (χ3n) is 3.93. The Balaban J connectivity index is 1.91. The third kappa shape index (κ3) is 4.11. The van der Waals surface area contributed by atoms with Crippen LogP contribution < -0.4 is 5.73 Å². The molecule has 2 rings (SSSR count). The molecule has 1 aromatic carbocycles. The average Bonchev–Trinajstić information content (AvgIpc) is 2.39. The van der Waals surface area contributed by atoms with Crippen molar-refractivity contribution in [3.63, 3.8) is 0 Å². The van der Waals surface area contributed by atoms with Crippen LogP contribution in [0.5, 0.6) is 0 Å². The van der Waals surface area contributed by atoms with E-state index in [1.54, 1.807) is 0 Å². The summed E-state index contributed by atoms with van der Waals surface area (Å²) in [6.07, 6.45) is 6.48. The minimum atomic E-state index is 0.338. The van der Waals surface area contributed by atoms with Crippen molar-refractivity contribution in [2.24, 2.45) is 5.73 Å². The normalized spacial score (nSPS) is 22.9. The number of hydrogen-bond donors (Lipinski definition) is 1. The molecule has 1 fully saturated rings. The fourth-order valence-corrected chi connectivity index (χ4v) is 2.87. The molecule has 2 unspecified atom stereocenters. The van der Waals surface area contributed by atoms with Gasteiger partial charge in [-0.2, -0.15) is 0 Å². The van der Waals surface area contributed by atoms with Gasteiger partial charge in [0.05, 0.1) is 0 Å². The summed E-state index contributed by atoms with van der Waals surface area (Å²) in [5, 5.41) is 0. The summed E-state index contributed by atoms with van der Waals surface area (Å²) in [4.78, 5) is 2.65. The SMILES string of the molecule is CC(N)CCC1CCCCN1Cc1ccccc1. The van der Waals surface area contributed by atoms with Crippen molar-refractivity contribution in [3.8, 4) is 0 Å². The first-order valence-corrected chi connectivity index (χ1v) is 7.29. The maximum absolute atomic E-state index is 5.89. The van der Waals surface area contributed by atoms with Gasteiger partial charge in [0.1, 0.15) is 0 Å². The van der Waals surface area contributed by atoms with Gasteiger partial charge in [0.2, 0.25) is 0 Å². The lowest BCUT2D eigenvalue weighted by molar-refractivity contribution is 0.129. The summed E-state index contributed by atoms with van der Waals surface area (Å²) in [6, 6.07) is 11.9. The van der Waals surface area contributed by atoms with Crippen LogP contribution in [0, 0.1) is 0 Å². The lowest BCUT2D eigenvalue weighted by Crippen LogP contribution is -2.39. The minimum absolute atomic E-state index is 0.338. The highest BCUT2D eigenvalue weighted by atomic mass is 15.2. The highest BCUT2D eigenvalue weighted by Gasteiger charge is 2.22. The zero-order valence-corrected chi connectivity index (χ0v) is 11.5. The molecule has 1 aliphatic rings. The van der Waals surface area contributed by atoms with Crippen LogP contribution in [-0.4, -0.2) is 23.5 Å². The maximum atomic E-state index is 5.89. The first-order chi connectivity index (χ1) is 8.75. The van der Waals surface area contributed by atoms with E-state index in [1.807, 2.05) is 0 Å². The van der Waals surface area contributed by atoms with Gasteiger partial charge < -0.3 is 5.73 Å². The molecule has 0 aliphatic carbocycles. The van der Waals surface area contributed by atoms with E-state index in [9.17, 15) is 0 Å². The van der Waals surface area contributed by atoms with E-state index in [4.69, 9.17) is 5.73 Å². The molecule has 0 saturated carbocycles. The van der Waals surface area contributed by atoms with Gasteiger partial charge in [0.15, 0.2) is 0 Å². The first kappa shape index (κ1) is 13.6. The molecule has 1 aliphatic heterocycles. The topological polar surface area (TPSA) is 29.3 Å². The molecule has 100 valence electrons. The maximum Gasteiger partial charge on any atom is 0.0236 e. The van der Waals surface area contributed by atoms with Gasteiger partial charge in [-0.3, -0.25) is 4.90 Å².